The Labute approximate surface area is 153 Å². The molecule has 1 aliphatic carbocycles. The molecule has 2 aromatic rings. The summed E-state index contributed by atoms with van der Waals surface area (Å²) in [5, 5.41) is 7.56. The lowest BCUT2D eigenvalue weighted by Gasteiger charge is -2.20. The fraction of sp³-hybridized carbons (Fsp3) is 0.500. The highest BCUT2D eigenvalue weighted by atomic mass is 16.5. The van der Waals surface area contributed by atoms with Crippen LogP contribution in [-0.2, 0) is 11.8 Å². The highest BCUT2D eigenvalue weighted by Crippen LogP contribution is 2.44. The minimum Gasteiger partial charge on any atom is -0.496 e. The Morgan fingerprint density at radius 1 is 1.31 bits per heavy atom. The van der Waals surface area contributed by atoms with Crippen molar-refractivity contribution in [3.63, 3.8) is 0 Å². The molecule has 0 unspecified atom stereocenters. The van der Waals surface area contributed by atoms with Crippen molar-refractivity contribution < 1.29 is 14.3 Å². The van der Waals surface area contributed by atoms with Crippen molar-refractivity contribution in [3.05, 3.63) is 46.8 Å². The third kappa shape index (κ3) is 3.21. The van der Waals surface area contributed by atoms with Crippen LogP contribution in [0.25, 0.3) is 0 Å². The topological polar surface area (TPSA) is 65.4 Å². The molecule has 4 rings (SSSR count). The lowest BCUT2D eigenvalue weighted by molar-refractivity contribution is 0.0819. The van der Waals surface area contributed by atoms with Crippen molar-refractivity contribution in [1.29, 1.82) is 0 Å². The fourth-order valence-electron chi connectivity index (χ4n) is 3.78. The predicted molar refractivity (Wildman–Crippen MR) is 97.5 cm³/mol. The summed E-state index contributed by atoms with van der Waals surface area (Å²) in [6.07, 6.45) is 4.97. The summed E-state index contributed by atoms with van der Waals surface area (Å²) in [6, 6.07) is 5.67. The van der Waals surface area contributed by atoms with E-state index in [0.717, 1.165) is 29.0 Å². The van der Waals surface area contributed by atoms with Crippen LogP contribution in [-0.4, -0.2) is 35.4 Å². The molecule has 1 aliphatic heterocycles. The number of hydrogen-bond acceptors (Lipinski definition) is 4. The summed E-state index contributed by atoms with van der Waals surface area (Å²) < 4.78 is 13.1. The fourth-order valence-corrected chi connectivity index (χ4v) is 3.78. The number of nitrogens with one attached hydrogen (secondary N) is 1. The Balaban J connectivity index is 1.52. The number of benzene rings is 1. The number of carbonyl (C=O) groups excluding carboxylic acids is 1. The number of rotatable bonds is 5. The molecule has 1 N–H and O–H groups in total. The van der Waals surface area contributed by atoms with Gasteiger partial charge in [-0.15, -0.1) is 0 Å². The minimum atomic E-state index is -0.145. The summed E-state index contributed by atoms with van der Waals surface area (Å²) in [7, 11) is 3.58. The molecule has 1 amide bonds. The normalized spacial score (nSPS) is 22.4. The Hall–Kier alpha value is -2.34. The molecule has 6 heteroatoms. The maximum Gasteiger partial charge on any atom is 0.251 e. The van der Waals surface area contributed by atoms with Gasteiger partial charge in [0, 0.05) is 31.0 Å². The predicted octanol–water partition coefficient (Wildman–Crippen LogP) is 2.87. The van der Waals surface area contributed by atoms with Crippen LogP contribution in [0.2, 0.25) is 0 Å². The lowest BCUT2D eigenvalue weighted by Crippen LogP contribution is -2.37. The summed E-state index contributed by atoms with van der Waals surface area (Å²) in [5.41, 5.74) is 3.81. The number of nitrogens with zero attached hydrogens (tertiary/aromatic N) is 2. The van der Waals surface area contributed by atoms with Crippen molar-refractivity contribution in [2.45, 2.75) is 44.2 Å². The van der Waals surface area contributed by atoms with Crippen LogP contribution >= 0.6 is 0 Å². The maximum absolute atomic E-state index is 12.8. The summed E-state index contributed by atoms with van der Waals surface area (Å²) in [5.74, 6) is 1.34. The van der Waals surface area contributed by atoms with Crippen molar-refractivity contribution >= 4 is 5.91 Å². The molecular formula is C20H25N3O3. The van der Waals surface area contributed by atoms with E-state index in [1.54, 1.807) is 11.8 Å². The van der Waals surface area contributed by atoms with E-state index in [2.05, 4.69) is 10.4 Å². The first-order valence-electron chi connectivity index (χ1n) is 9.17. The van der Waals surface area contributed by atoms with E-state index in [1.165, 1.54) is 12.8 Å². The van der Waals surface area contributed by atoms with Crippen LogP contribution in [0.1, 0.15) is 58.5 Å². The van der Waals surface area contributed by atoms with Crippen LogP contribution < -0.4 is 10.1 Å². The number of methoxy groups -OCH3 is 1. The second-order valence-corrected chi connectivity index (χ2v) is 7.23. The van der Waals surface area contributed by atoms with Gasteiger partial charge in [0.1, 0.15) is 11.9 Å². The van der Waals surface area contributed by atoms with Crippen LogP contribution in [0.4, 0.5) is 0 Å². The average Bonchev–Trinajstić information content (AvgIpc) is 3.29. The summed E-state index contributed by atoms with van der Waals surface area (Å²) >= 11 is 0. The standard InChI is InChI=1S/C20H25N3O3/c1-12-16(11-23(2)22-12)19-17(8-9-26-19)21-20(24)14-6-7-18(25-3)15(10-14)13-4-5-13/h6-7,10-11,13,17,19H,4-5,8-9H2,1-3H3,(H,21,24)/t17-,19+/m0/s1. The Kier molecular flexibility index (Phi) is 4.44. The Bertz CT molecular complexity index is 826. The van der Waals surface area contributed by atoms with E-state index in [-0.39, 0.29) is 18.1 Å². The molecule has 2 atom stereocenters. The molecule has 2 fully saturated rings. The largest absolute Gasteiger partial charge is 0.496 e. The monoisotopic (exact) mass is 355 g/mol. The minimum absolute atomic E-state index is 0.0446. The quantitative estimate of drug-likeness (QED) is 0.896. The average molecular weight is 355 g/mol. The molecular weight excluding hydrogens is 330 g/mol. The SMILES string of the molecule is COc1ccc(C(=O)N[C@H]2CCO[C@@H]2c2cn(C)nc2C)cc1C1CC1. The van der Waals surface area contributed by atoms with E-state index in [0.29, 0.717) is 18.1 Å². The van der Waals surface area contributed by atoms with Gasteiger partial charge >= 0.3 is 0 Å². The van der Waals surface area contributed by atoms with Crippen molar-refractivity contribution in [3.8, 4) is 5.75 Å². The van der Waals surface area contributed by atoms with Gasteiger partial charge in [0.25, 0.3) is 5.91 Å². The van der Waals surface area contributed by atoms with Gasteiger partial charge in [-0.1, -0.05) is 0 Å². The molecule has 1 aromatic carbocycles. The van der Waals surface area contributed by atoms with E-state index < -0.39 is 0 Å². The van der Waals surface area contributed by atoms with Gasteiger partial charge in [-0.2, -0.15) is 5.10 Å². The van der Waals surface area contributed by atoms with Gasteiger partial charge in [-0.3, -0.25) is 9.48 Å². The number of amides is 1. The van der Waals surface area contributed by atoms with Crippen molar-refractivity contribution in [1.82, 2.24) is 15.1 Å². The van der Waals surface area contributed by atoms with Crippen LogP contribution in [0, 0.1) is 6.92 Å². The molecule has 0 radical (unpaired) electrons. The third-order valence-corrected chi connectivity index (χ3v) is 5.28. The van der Waals surface area contributed by atoms with E-state index in [9.17, 15) is 4.79 Å². The first kappa shape index (κ1) is 17.1. The lowest BCUT2D eigenvalue weighted by atomic mass is 10.0. The molecule has 26 heavy (non-hydrogen) atoms. The van der Waals surface area contributed by atoms with Crippen molar-refractivity contribution in [2.75, 3.05) is 13.7 Å². The number of aromatic nitrogens is 2. The number of hydrogen-bond donors (Lipinski definition) is 1. The molecule has 1 saturated carbocycles. The molecule has 2 aliphatic rings. The summed E-state index contributed by atoms with van der Waals surface area (Å²) in [6.45, 7) is 2.61. The zero-order chi connectivity index (χ0) is 18.3. The number of aryl methyl sites for hydroxylation is 2. The molecule has 0 bridgehead atoms. The highest BCUT2D eigenvalue weighted by molar-refractivity contribution is 5.95. The van der Waals surface area contributed by atoms with Gasteiger partial charge < -0.3 is 14.8 Å². The first-order valence-corrected chi connectivity index (χ1v) is 9.17. The van der Waals surface area contributed by atoms with Crippen molar-refractivity contribution in [2.24, 2.45) is 7.05 Å². The zero-order valence-corrected chi connectivity index (χ0v) is 15.5. The van der Waals surface area contributed by atoms with E-state index in [4.69, 9.17) is 9.47 Å². The smallest absolute Gasteiger partial charge is 0.251 e. The molecule has 6 nitrogen and oxygen atoms in total. The second kappa shape index (κ2) is 6.76. The molecule has 1 aromatic heterocycles. The van der Waals surface area contributed by atoms with Gasteiger partial charge in [0.2, 0.25) is 0 Å². The molecule has 0 spiro atoms. The van der Waals surface area contributed by atoms with Crippen LogP contribution in [0.5, 0.6) is 5.75 Å². The van der Waals surface area contributed by atoms with E-state index >= 15 is 0 Å². The zero-order valence-electron chi connectivity index (χ0n) is 15.5. The third-order valence-electron chi connectivity index (χ3n) is 5.28. The van der Waals surface area contributed by atoms with Crippen LogP contribution in [0.15, 0.2) is 24.4 Å². The molecule has 1 saturated heterocycles. The number of ether oxygens (including phenoxy) is 2. The van der Waals surface area contributed by atoms with Gasteiger partial charge in [0.05, 0.1) is 18.8 Å². The molecule has 138 valence electrons. The highest BCUT2D eigenvalue weighted by Gasteiger charge is 2.34. The molecule has 2 heterocycles. The maximum atomic E-state index is 12.8. The Morgan fingerprint density at radius 3 is 2.77 bits per heavy atom. The second-order valence-electron chi connectivity index (χ2n) is 7.23. The first-order chi connectivity index (χ1) is 12.6. The van der Waals surface area contributed by atoms with E-state index in [1.807, 2.05) is 38.4 Å². The van der Waals surface area contributed by atoms with Crippen LogP contribution in [0.3, 0.4) is 0 Å². The summed E-state index contributed by atoms with van der Waals surface area (Å²) in [4.78, 5) is 12.8. The number of carbonyl (C=O) groups is 1. The van der Waals surface area contributed by atoms with Gasteiger partial charge in [-0.05, 0) is 55.9 Å². The van der Waals surface area contributed by atoms with Gasteiger partial charge in [-0.25, -0.2) is 0 Å². The Morgan fingerprint density at radius 2 is 2.12 bits per heavy atom. The van der Waals surface area contributed by atoms with Gasteiger partial charge in [0.15, 0.2) is 0 Å².